The molecule has 98 valence electrons. The van der Waals surface area contributed by atoms with Gasteiger partial charge in [-0.15, -0.1) is 0 Å². The molecule has 0 radical (unpaired) electrons. The van der Waals surface area contributed by atoms with Crippen LogP contribution < -0.4 is 5.32 Å². The summed E-state index contributed by atoms with van der Waals surface area (Å²) in [5, 5.41) is 3.52. The minimum absolute atomic E-state index is 0.815. The second-order valence-electron chi connectivity index (χ2n) is 5.46. The van der Waals surface area contributed by atoms with Gasteiger partial charge in [-0.05, 0) is 37.3 Å². The van der Waals surface area contributed by atoms with E-state index in [0.29, 0.717) is 0 Å². The van der Waals surface area contributed by atoms with Crippen LogP contribution in [0.2, 0.25) is 0 Å². The van der Waals surface area contributed by atoms with Gasteiger partial charge in [0.05, 0.1) is 0 Å². The molecule has 0 bridgehead atoms. The summed E-state index contributed by atoms with van der Waals surface area (Å²) in [7, 11) is 0. The van der Waals surface area contributed by atoms with E-state index in [4.69, 9.17) is 0 Å². The molecule has 0 aliphatic carbocycles. The van der Waals surface area contributed by atoms with E-state index in [-0.39, 0.29) is 0 Å². The van der Waals surface area contributed by atoms with Crippen LogP contribution in [0, 0.1) is 17.8 Å². The first-order valence-electron chi connectivity index (χ1n) is 7.36. The maximum absolute atomic E-state index is 3.52. The monoisotopic (exact) mass is 227 g/mol. The molecule has 2 unspecified atom stereocenters. The summed E-state index contributed by atoms with van der Waals surface area (Å²) in [5.74, 6) is 2.63. The highest BCUT2D eigenvalue weighted by Gasteiger charge is 2.17. The SMILES string of the molecule is CCCCC(CC)CC(CNCC)C(C)C. The van der Waals surface area contributed by atoms with Gasteiger partial charge in [0.2, 0.25) is 0 Å². The Labute approximate surface area is 103 Å². The van der Waals surface area contributed by atoms with Crippen LogP contribution in [-0.4, -0.2) is 13.1 Å². The molecule has 16 heavy (non-hydrogen) atoms. The molecule has 0 spiro atoms. The van der Waals surface area contributed by atoms with Crippen molar-refractivity contribution in [3.63, 3.8) is 0 Å². The average molecular weight is 227 g/mol. The number of rotatable bonds is 10. The highest BCUT2D eigenvalue weighted by atomic mass is 14.8. The second kappa shape index (κ2) is 10.1. The maximum atomic E-state index is 3.52. The quantitative estimate of drug-likeness (QED) is 0.580. The minimum atomic E-state index is 0.815. The van der Waals surface area contributed by atoms with E-state index >= 15 is 0 Å². The fourth-order valence-electron chi connectivity index (χ4n) is 2.33. The van der Waals surface area contributed by atoms with Crippen molar-refractivity contribution < 1.29 is 0 Å². The third kappa shape index (κ3) is 7.27. The molecule has 0 aromatic rings. The van der Waals surface area contributed by atoms with Gasteiger partial charge in [0, 0.05) is 0 Å². The van der Waals surface area contributed by atoms with Crippen LogP contribution >= 0.6 is 0 Å². The Morgan fingerprint density at radius 1 is 1.06 bits per heavy atom. The maximum Gasteiger partial charge on any atom is -0.00181 e. The predicted molar refractivity (Wildman–Crippen MR) is 74.8 cm³/mol. The predicted octanol–water partition coefficient (Wildman–Crippen LogP) is 4.47. The summed E-state index contributed by atoms with van der Waals surface area (Å²) in [4.78, 5) is 0. The lowest BCUT2D eigenvalue weighted by Crippen LogP contribution is -2.27. The first-order chi connectivity index (χ1) is 7.65. The topological polar surface area (TPSA) is 12.0 Å². The highest BCUT2D eigenvalue weighted by Crippen LogP contribution is 2.25. The molecule has 0 fully saturated rings. The lowest BCUT2D eigenvalue weighted by Gasteiger charge is -2.26. The van der Waals surface area contributed by atoms with Crippen molar-refractivity contribution in [3.8, 4) is 0 Å². The van der Waals surface area contributed by atoms with Crippen LogP contribution in [-0.2, 0) is 0 Å². The fourth-order valence-corrected chi connectivity index (χ4v) is 2.33. The first-order valence-corrected chi connectivity index (χ1v) is 7.36. The van der Waals surface area contributed by atoms with E-state index in [1.54, 1.807) is 0 Å². The Balaban J connectivity index is 4.01. The zero-order valence-electron chi connectivity index (χ0n) is 12.2. The molecular formula is C15H33N. The fraction of sp³-hybridized carbons (Fsp3) is 1.00. The standard InChI is InChI=1S/C15H33N/c1-6-9-10-14(7-2)11-15(13(4)5)12-16-8-3/h13-16H,6-12H2,1-5H3. The van der Waals surface area contributed by atoms with E-state index < -0.39 is 0 Å². The average Bonchev–Trinajstić information content (AvgIpc) is 2.28. The Morgan fingerprint density at radius 3 is 2.19 bits per heavy atom. The summed E-state index contributed by atoms with van der Waals surface area (Å²) >= 11 is 0. The zero-order valence-corrected chi connectivity index (χ0v) is 12.2. The molecule has 0 aromatic heterocycles. The van der Waals surface area contributed by atoms with Gasteiger partial charge in [0.15, 0.2) is 0 Å². The Morgan fingerprint density at radius 2 is 1.75 bits per heavy atom. The zero-order chi connectivity index (χ0) is 12.4. The molecule has 0 heterocycles. The van der Waals surface area contributed by atoms with Crippen LogP contribution in [0.25, 0.3) is 0 Å². The van der Waals surface area contributed by atoms with Gasteiger partial charge in [0.1, 0.15) is 0 Å². The Hall–Kier alpha value is -0.0400. The van der Waals surface area contributed by atoms with E-state index in [2.05, 4.69) is 39.9 Å². The number of hydrogen-bond donors (Lipinski definition) is 1. The largest absolute Gasteiger partial charge is 0.317 e. The van der Waals surface area contributed by atoms with Crippen molar-refractivity contribution >= 4 is 0 Å². The van der Waals surface area contributed by atoms with Gasteiger partial charge in [-0.3, -0.25) is 0 Å². The smallest absolute Gasteiger partial charge is 0.00181 e. The summed E-state index contributed by atoms with van der Waals surface area (Å²) in [6, 6.07) is 0. The lowest BCUT2D eigenvalue weighted by atomic mass is 9.83. The van der Waals surface area contributed by atoms with Crippen LogP contribution in [0.5, 0.6) is 0 Å². The summed E-state index contributed by atoms with van der Waals surface area (Å²) in [6.07, 6.45) is 6.96. The van der Waals surface area contributed by atoms with Crippen molar-refractivity contribution in [1.29, 1.82) is 0 Å². The lowest BCUT2D eigenvalue weighted by molar-refractivity contribution is 0.270. The summed E-state index contributed by atoms with van der Waals surface area (Å²) < 4.78 is 0. The molecule has 0 aromatic carbocycles. The number of unbranched alkanes of at least 4 members (excludes halogenated alkanes) is 1. The van der Waals surface area contributed by atoms with Gasteiger partial charge in [-0.2, -0.15) is 0 Å². The van der Waals surface area contributed by atoms with Gasteiger partial charge < -0.3 is 5.32 Å². The minimum Gasteiger partial charge on any atom is -0.317 e. The van der Waals surface area contributed by atoms with Gasteiger partial charge >= 0.3 is 0 Å². The van der Waals surface area contributed by atoms with Crippen LogP contribution in [0.1, 0.15) is 66.7 Å². The number of hydrogen-bond acceptors (Lipinski definition) is 1. The normalized spacial score (nSPS) is 15.4. The molecule has 0 aliphatic heterocycles. The molecule has 0 rings (SSSR count). The van der Waals surface area contributed by atoms with Crippen molar-refractivity contribution in [1.82, 2.24) is 5.32 Å². The number of nitrogens with one attached hydrogen (secondary N) is 1. The van der Waals surface area contributed by atoms with E-state index in [9.17, 15) is 0 Å². The third-order valence-electron chi connectivity index (χ3n) is 3.78. The molecule has 0 saturated heterocycles. The van der Waals surface area contributed by atoms with Crippen LogP contribution in [0.3, 0.4) is 0 Å². The van der Waals surface area contributed by atoms with Gasteiger partial charge in [-0.1, -0.05) is 60.3 Å². The highest BCUT2D eigenvalue weighted by molar-refractivity contribution is 4.70. The van der Waals surface area contributed by atoms with Crippen molar-refractivity contribution in [2.45, 2.75) is 66.7 Å². The Kier molecular flexibility index (Phi) is 10.1. The van der Waals surface area contributed by atoms with Crippen molar-refractivity contribution in [3.05, 3.63) is 0 Å². The molecule has 1 heteroatoms. The molecule has 0 amide bonds. The molecule has 1 N–H and O–H groups in total. The summed E-state index contributed by atoms with van der Waals surface area (Å²) in [6.45, 7) is 13.9. The van der Waals surface area contributed by atoms with Crippen LogP contribution in [0.15, 0.2) is 0 Å². The molecule has 2 atom stereocenters. The van der Waals surface area contributed by atoms with Crippen molar-refractivity contribution in [2.24, 2.45) is 17.8 Å². The molecule has 0 saturated carbocycles. The van der Waals surface area contributed by atoms with Crippen molar-refractivity contribution in [2.75, 3.05) is 13.1 Å². The van der Waals surface area contributed by atoms with E-state index in [1.165, 1.54) is 38.6 Å². The van der Waals surface area contributed by atoms with Gasteiger partial charge in [0.25, 0.3) is 0 Å². The second-order valence-corrected chi connectivity index (χ2v) is 5.46. The summed E-state index contributed by atoms with van der Waals surface area (Å²) in [5.41, 5.74) is 0. The Bertz CT molecular complexity index is 142. The van der Waals surface area contributed by atoms with E-state index in [1.807, 2.05) is 0 Å². The van der Waals surface area contributed by atoms with Gasteiger partial charge in [-0.25, -0.2) is 0 Å². The third-order valence-corrected chi connectivity index (χ3v) is 3.78. The molecule has 0 aliphatic rings. The van der Waals surface area contributed by atoms with Crippen LogP contribution in [0.4, 0.5) is 0 Å². The first kappa shape index (κ1) is 16.0. The molecular weight excluding hydrogens is 194 g/mol. The molecule has 1 nitrogen and oxygen atoms in total. The van der Waals surface area contributed by atoms with E-state index in [0.717, 1.165) is 24.3 Å².